The maximum Gasteiger partial charge on any atom is 0.0966 e. The van der Waals surface area contributed by atoms with Crippen molar-refractivity contribution in [3.63, 3.8) is 0 Å². The zero-order valence-corrected chi connectivity index (χ0v) is 12.2. The molecule has 2 unspecified atom stereocenters. The summed E-state index contributed by atoms with van der Waals surface area (Å²) in [4.78, 5) is 2.66. The summed E-state index contributed by atoms with van der Waals surface area (Å²) in [5.41, 5.74) is 5.69. The Hall–Kier alpha value is -0.570. The average Bonchev–Trinajstić information content (AvgIpc) is 2.28. The summed E-state index contributed by atoms with van der Waals surface area (Å²) < 4.78 is 0. The summed E-state index contributed by atoms with van der Waals surface area (Å²) in [5.74, 6) is 2.13. The largest absolute Gasteiger partial charge is 0.387 e. The van der Waals surface area contributed by atoms with Gasteiger partial charge in [0, 0.05) is 11.5 Å². The first kappa shape index (κ1) is 13.9. The molecule has 0 spiro atoms. The van der Waals surface area contributed by atoms with Gasteiger partial charge in [-0.25, -0.2) is 0 Å². The molecule has 0 aromatic heterocycles. The molecule has 104 valence electrons. The van der Waals surface area contributed by atoms with E-state index >= 15 is 0 Å². The van der Waals surface area contributed by atoms with Crippen molar-refractivity contribution in [2.75, 3.05) is 13.1 Å². The molecule has 3 nitrogen and oxygen atoms in total. The van der Waals surface area contributed by atoms with E-state index in [1.165, 1.54) is 19.3 Å². The van der Waals surface area contributed by atoms with Crippen molar-refractivity contribution < 1.29 is 0 Å². The second-order valence-corrected chi connectivity index (χ2v) is 7.08. The van der Waals surface area contributed by atoms with Crippen molar-refractivity contribution in [3.8, 4) is 0 Å². The van der Waals surface area contributed by atoms with Crippen LogP contribution < -0.4 is 5.73 Å². The lowest BCUT2D eigenvalue weighted by molar-refractivity contribution is 0.0665. The Kier molecular flexibility index (Phi) is 4.00. The third-order valence-corrected chi connectivity index (χ3v) is 5.22. The first-order valence-corrected chi connectivity index (χ1v) is 7.49. The minimum atomic E-state index is -0.0393. The highest BCUT2D eigenvalue weighted by atomic mass is 15.2. The zero-order valence-electron chi connectivity index (χ0n) is 12.2. The van der Waals surface area contributed by atoms with Crippen LogP contribution in [0.1, 0.15) is 52.9 Å². The smallest absolute Gasteiger partial charge is 0.0966 e. The topological polar surface area (TPSA) is 53.1 Å². The fraction of sp³-hybridized carbons (Fsp3) is 0.933. The van der Waals surface area contributed by atoms with Crippen LogP contribution in [-0.2, 0) is 0 Å². The summed E-state index contributed by atoms with van der Waals surface area (Å²) in [6.07, 6.45) is 6.24. The van der Waals surface area contributed by atoms with E-state index < -0.39 is 0 Å². The van der Waals surface area contributed by atoms with Gasteiger partial charge in [-0.15, -0.1) is 0 Å². The number of hydrogen-bond donors (Lipinski definition) is 2. The van der Waals surface area contributed by atoms with E-state index in [9.17, 15) is 0 Å². The number of nitrogens with two attached hydrogens (primary N) is 1. The van der Waals surface area contributed by atoms with Gasteiger partial charge in [0.1, 0.15) is 0 Å². The fourth-order valence-corrected chi connectivity index (χ4v) is 3.85. The SMILES string of the molecule is CC1CC(C)CC(N2CCC(C)(C(=N)N)CC2)C1. The van der Waals surface area contributed by atoms with Crippen molar-refractivity contribution in [2.24, 2.45) is 23.0 Å². The Labute approximate surface area is 112 Å². The normalized spacial score (nSPS) is 37.4. The van der Waals surface area contributed by atoms with Gasteiger partial charge in [-0.1, -0.05) is 20.8 Å². The third kappa shape index (κ3) is 2.87. The lowest BCUT2D eigenvalue weighted by atomic mass is 9.76. The molecule has 2 atom stereocenters. The highest BCUT2D eigenvalue weighted by molar-refractivity contribution is 5.83. The van der Waals surface area contributed by atoms with E-state index in [2.05, 4.69) is 25.7 Å². The first-order chi connectivity index (χ1) is 8.40. The second kappa shape index (κ2) is 5.20. The van der Waals surface area contributed by atoms with Gasteiger partial charge < -0.3 is 10.6 Å². The summed E-state index contributed by atoms with van der Waals surface area (Å²) in [7, 11) is 0. The van der Waals surface area contributed by atoms with Crippen molar-refractivity contribution >= 4 is 5.84 Å². The van der Waals surface area contributed by atoms with E-state index in [-0.39, 0.29) is 5.41 Å². The summed E-state index contributed by atoms with van der Waals surface area (Å²) in [6.45, 7) is 9.19. The maximum atomic E-state index is 7.72. The Bertz CT molecular complexity index is 295. The number of likely N-dealkylation sites (tertiary alicyclic amines) is 1. The average molecular weight is 251 g/mol. The highest BCUT2D eigenvalue weighted by Crippen LogP contribution is 2.36. The van der Waals surface area contributed by atoms with E-state index in [1.807, 2.05) is 0 Å². The number of amidine groups is 1. The Morgan fingerprint density at radius 3 is 2.06 bits per heavy atom. The summed E-state index contributed by atoms with van der Waals surface area (Å²) in [6, 6.07) is 0.778. The second-order valence-electron chi connectivity index (χ2n) is 7.08. The van der Waals surface area contributed by atoms with Crippen LogP contribution in [0.5, 0.6) is 0 Å². The fourth-order valence-electron chi connectivity index (χ4n) is 3.85. The van der Waals surface area contributed by atoms with Gasteiger partial charge in [-0.2, -0.15) is 0 Å². The molecular formula is C15H29N3. The number of hydrogen-bond acceptors (Lipinski definition) is 2. The van der Waals surface area contributed by atoms with E-state index in [4.69, 9.17) is 11.1 Å². The molecule has 0 radical (unpaired) electrons. The first-order valence-electron chi connectivity index (χ1n) is 7.49. The maximum absolute atomic E-state index is 7.72. The minimum absolute atomic E-state index is 0.0393. The van der Waals surface area contributed by atoms with Crippen molar-refractivity contribution in [1.29, 1.82) is 5.41 Å². The summed E-state index contributed by atoms with van der Waals surface area (Å²) in [5, 5.41) is 7.72. The van der Waals surface area contributed by atoms with Crippen molar-refractivity contribution in [1.82, 2.24) is 4.90 Å². The molecule has 1 heterocycles. The zero-order chi connectivity index (χ0) is 13.3. The Morgan fingerprint density at radius 2 is 1.61 bits per heavy atom. The Morgan fingerprint density at radius 1 is 1.11 bits per heavy atom. The predicted octanol–water partition coefficient (Wildman–Crippen LogP) is 2.85. The van der Waals surface area contributed by atoms with Crippen LogP contribution in [0.2, 0.25) is 0 Å². The monoisotopic (exact) mass is 251 g/mol. The molecule has 0 aromatic rings. The highest BCUT2D eigenvalue weighted by Gasteiger charge is 2.36. The van der Waals surface area contributed by atoms with Gasteiger partial charge in [-0.3, -0.25) is 5.41 Å². The molecule has 1 aliphatic heterocycles. The molecule has 0 amide bonds. The van der Waals surface area contributed by atoms with Crippen LogP contribution in [0.25, 0.3) is 0 Å². The molecule has 3 N–H and O–H groups in total. The number of nitrogens with zero attached hydrogens (tertiary/aromatic N) is 1. The van der Waals surface area contributed by atoms with Gasteiger partial charge in [0.25, 0.3) is 0 Å². The number of piperidine rings is 1. The van der Waals surface area contributed by atoms with Gasteiger partial charge in [0.05, 0.1) is 5.84 Å². The standard InChI is InChI=1S/C15H29N3/c1-11-8-12(2)10-13(9-11)18-6-4-15(3,5-7-18)14(16)17/h11-13H,4-10H2,1-3H3,(H3,16,17). The number of nitrogens with one attached hydrogen (secondary N) is 1. The van der Waals surface area contributed by atoms with Gasteiger partial charge in [0.2, 0.25) is 0 Å². The van der Waals surface area contributed by atoms with Crippen LogP contribution in [0.15, 0.2) is 0 Å². The van der Waals surface area contributed by atoms with Gasteiger partial charge in [0.15, 0.2) is 0 Å². The lowest BCUT2D eigenvalue weighted by Crippen LogP contribution is -2.50. The molecule has 2 aliphatic rings. The quantitative estimate of drug-likeness (QED) is 0.586. The predicted molar refractivity (Wildman–Crippen MR) is 76.8 cm³/mol. The lowest BCUT2D eigenvalue weighted by Gasteiger charge is -2.45. The van der Waals surface area contributed by atoms with Crippen LogP contribution in [0.3, 0.4) is 0 Å². The molecule has 1 saturated heterocycles. The number of rotatable bonds is 2. The van der Waals surface area contributed by atoms with Crippen LogP contribution in [-0.4, -0.2) is 29.9 Å². The van der Waals surface area contributed by atoms with E-state index in [0.29, 0.717) is 5.84 Å². The molecule has 2 fully saturated rings. The molecule has 1 aliphatic carbocycles. The molecule has 0 aromatic carbocycles. The Balaban J connectivity index is 1.91. The molecule has 0 bridgehead atoms. The van der Waals surface area contributed by atoms with Crippen LogP contribution >= 0.6 is 0 Å². The molecular weight excluding hydrogens is 222 g/mol. The molecule has 18 heavy (non-hydrogen) atoms. The molecule has 1 saturated carbocycles. The van der Waals surface area contributed by atoms with Gasteiger partial charge >= 0.3 is 0 Å². The summed E-state index contributed by atoms with van der Waals surface area (Å²) >= 11 is 0. The molecule has 2 rings (SSSR count). The third-order valence-electron chi connectivity index (χ3n) is 5.22. The molecule has 3 heteroatoms. The van der Waals surface area contributed by atoms with Crippen molar-refractivity contribution in [3.05, 3.63) is 0 Å². The van der Waals surface area contributed by atoms with E-state index in [0.717, 1.165) is 43.8 Å². The van der Waals surface area contributed by atoms with Crippen LogP contribution in [0.4, 0.5) is 0 Å². The van der Waals surface area contributed by atoms with Crippen molar-refractivity contribution in [2.45, 2.75) is 58.9 Å². The van der Waals surface area contributed by atoms with E-state index in [1.54, 1.807) is 0 Å². The minimum Gasteiger partial charge on any atom is -0.387 e. The van der Waals surface area contributed by atoms with Gasteiger partial charge in [-0.05, 0) is 57.0 Å². The van der Waals surface area contributed by atoms with Crippen LogP contribution in [0, 0.1) is 22.7 Å².